The molecule has 2 amide bonds. The molecule has 1 aliphatic rings. The Morgan fingerprint density at radius 1 is 0.914 bits per heavy atom. The topological polar surface area (TPSA) is 125 Å². The van der Waals surface area contributed by atoms with E-state index in [2.05, 4.69) is 22.8 Å². The van der Waals surface area contributed by atoms with Gasteiger partial charge in [0.05, 0.1) is 12.0 Å². The standard InChI is InChI=1S/C27H26N2O6/c1-27(34,14-24(30)31)16-28-25(32)17-10-12-18(13-11-17)29-26(33)35-15-23-21-8-4-2-6-19(21)20-7-3-5-9-22(20)23/h2-13,23,34H,14-16H2,1H3,(H,28,32)(H,29,33)(H,30,31). The maximum absolute atomic E-state index is 12.4. The summed E-state index contributed by atoms with van der Waals surface area (Å²) < 4.78 is 5.52. The fourth-order valence-electron chi connectivity index (χ4n) is 4.22. The van der Waals surface area contributed by atoms with Crippen LogP contribution in [0, 0.1) is 0 Å². The van der Waals surface area contributed by atoms with Crippen LogP contribution in [0.5, 0.6) is 0 Å². The Bertz CT molecular complexity index is 1210. The van der Waals surface area contributed by atoms with Gasteiger partial charge >= 0.3 is 12.1 Å². The number of carbonyl (C=O) groups is 3. The Morgan fingerprint density at radius 2 is 1.49 bits per heavy atom. The Kier molecular flexibility index (Phi) is 6.84. The Labute approximate surface area is 202 Å². The van der Waals surface area contributed by atoms with Crippen LogP contribution in [-0.4, -0.2) is 46.9 Å². The lowest BCUT2D eigenvalue weighted by atomic mass is 9.98. The van der Waals surface area contributed by atoms with Gasteiger partial charge in [-0.25, -0.2) is 4.79 Å². The van der Waals surface area contributed by atoms with Gasteiger partial charge in [0.2, 0.25) is 0 Å². The van der Waals surface area contributed by atoms with Crippen LogP contribution in [0.25, 0.3) is 11.1 Å². The van der Waals surface area contributed by atoms with Crippen LogP contribution in [0.2, 0.25) is 0 Å². The molecular formula is C27H26N2O6. The van der Waals surface area contributed by atoms with Gasteiger partial charge in [-0.1, -0.05) is 48.5 Å². The van der Waals surface area contributed by atoms with Gasteiger partial charge in [-0.15, -0.1) is 0 Å². The molecule has 0 aliphatic heterocycles. The Balaban J connectivity index is 1.32. The van der Waals surface area contributed by atoms with Crippen molar-refractivity contribution in [2.75, 3.05) is 18.5 Å². The molecule has 1 atom stereocenters. The quantitative estimate of drug-likeness (QED) is 0.391. The highest BCUT2D eigenvalue weighted by molar-refractivity contribution is 5.95. The minimum absolute atomic E-state index is 0.0439. The second-order valence-electron chi connectivity index (χ2n) is 8.78. The molecule has 4 rings (SSSR count). The highest BCUT2D eigenvalue weighted by atomic mass is 16.5. The third kappa shape index (κ3) is 5.67. The van der Waals surface area contributed by atoms with Crippen molar-refractivity contribution in [1.82, 2.24) is 5.32 Å². The van der Waals surface area contributed by atoms with Gasteiger partial charge in [-0.2, -0.15) is 0 Å². The third-order valence-electron chi connectivity index (χ3n) is 5.90. The van der Waals surface area contributed by atoms with Crippen molar-refractivity contribution < 1.29 is 29.3 Å². The summed E-state index contributed by atoms with van der Waals surface area (Å²) in [5.74, 6) is -1.67. The largest absolute Gasteiger partial charge is 0.481 e. The highest BCUT2D eigenvalue weighted by Gasteiger charge is 2.29. The first-order chi connectivity index (χ1) is 16.7. The van der Waals surface area contributed by atoms with Crippen LogP contribution in [-0.2, 0) is 9.53 Å². The van der Waals surface area contributed by atoms with Crippen molar-refractivity contribution in [2.24, 2.45) is 0 Å². The zero-order valence-corrected chi connectivity index (χ0v) is 19.2. The molecule has 3 aromatic carbocycles. The molecule has 0 fully saturated rings. The molecule has 0 saturated heterocycles. The summed E-state index contributed by atoms with van der Waals surface area (Å²) in [7, 11) is 0. The van der Waals surface area contributed by atoms with Crippen molar-refractivity contribution in [3.63, 3.8) is 0 Å². The SMILES string of the molecule is CC(O)(CNC(=O)c1ccc(NC(=O)OCC2c3ccccc3-c3ccccc32)cc1)CC(=O)O. The van der Waals surface area contributed by atoms with E-state index in [-0.39, 0.29) is 19.1 Å². The molecule has 180 valence electrons. The van der Waals surface area contributed by atoms with E-state index < -0.39 is 30.0 Å². The predicted molar refractivity (Wildman–Crippen MR) is 130 cm³/mol. The van der Waals surface area contributed by atoms with Crippen molar-refractivity contribution in [3.8, 4) is 11.1 Å². The first-order valence-electron chi connectivity index (χ1n) is 11.2. The lowest BCUT2D eigenvalue weighted by Crippen LogP contribution is -2.42. The Hall–Kier alpha value is -4.17. The molecule has 0 bridgehead atoms. The van der Waals surface area contributed by atoms with Crippen LogP contribution < -0.4 is 10.6 Å². The van der Waals surface area contributed by atoms with E-state index >= 15 is 0 Å². The number of rotatable bonds is 8. The normalized spacial score (nSPS) is 13.8. The molecule has 0 heterocycles. The first-order valence-corrected chi connectivity index (χ1v) is 11.2. The molecule has 1 unspecified atom stereocenters. The zero-order chi connectivity index (χ0) is 25.0. The second kappa shape index (κ2) is 9.99. The predicted octanol–water partition coefficient (Wildman–Crippen LogP) is 4.00. The summed E-state index contributed by atoms with van der Waals surface area (Å²) in [6.45, 7) is 1.32. The molecule has 0 spiro atoms. The van der Waals surface area contributed by atoms with Crippen molar-refractivity contribution in [3.05, 3.63) is 89.5 Å². The number of aliphatic hydroxyl groups is 1. The van der Waals surface area contributed by atoms with E-state index in [1.54, 1.807) is 12.1 Å². The number of fused-ring (bicyclic) bond motifs is 3. The van der Waals surface area contributed by atoms with Crippen molar-refractivity contribution in [1.29, 1.82) is 0 Å². The minimum atomic E-state index is -1.56. The van der Waals surface area contributed by atoms with Gasteiger partial charge in [-0.05, 0) is 53.4 Å². The average molecular weight is 475 g/mol. The summed E-state index contributed by atoms with van der Waals surface area (Å²) >= 11 is 0. The number of carboxylic acid groups (broad SMARTS) is 1. The van der Waals surface area contributed by atoms with Crippen LogP contribution in [0.15, 0.2) is 72.8 Å². The summed E-state index contributed by atoms with van der Waals surface area (Å²) in [6, 6.07) is 22.3. The molecule has 0 saturated carbocycles. The fraction of sp³-hybridized carbons (Fsp3) is 0.222. The number of amides is 2. The second-order valence-corrected chi connectivity index (χ2v) is 8.78. The number of aliphatic carboxylic acids is 1. The van der Waals surface area contributed by atoms with Gasteiger partial charge < -0.3 is 20.3 Å². The minimum Gasteiger partial charge on any atom is -0.481 e. The number of ether oxygens (including phenoxy) is 1. The number of hydrogen-bond acceptors (Lipinski definition) is 5. The van der Waals surface area contributed by atoms with Crippen molar-refractivity contribution >= 4 is 23.7 Å². The van der Waals surface area contributed by atoms with Gasteiger partial charge in [0.25, 0.3) is 5.91 Å². The summed E-state index contributed by atoms with van der Waals surface area (Å²) in [5, 5.41) is 24.0. The van der Waals surface area contributed by atoms with Gasteiger partial charge in [-0.3, -0.25) is 14.9 Å². The lowest BCUT2D eigenvalue weighted by Gasteiger charge is -2.21. The monoisotopic (exact) mass is 474 g/mol. The molecule has 1 aliphatic carbocycles. The maximum atomic E-state index is 12.4. The summed E-state index contributed by atoms with van der Waals surface area (Å²) in [5.41, 5.74) is 3.74. The van der Waals surface area contributed by atoms with Gasteiger partial charge in [0, 0.05) is 23.7 Å². The third-order valence-corrected chi connectivity index (χ3v) is 5.90. The molecule has 8 nitrogen and oxygen atoms in total. The van der Waals surface area contributed by atoms with E-state index in [9.17, 15) is 19.5 Å². The van der Waals surface area contributed by atoms with Crippen LogP contribution in [0.4, 0.5) is 10.5 Å². The van der Waals surface area contributed by atoms with Gasteiger partial charge in [0.15, 0.2) is 0 Å². The molecule has 35 heavy (non-hydrogen) atoms. The first kappa shape index (κ1) is 24.0. The zero-order valence-electron chi connectivity index (χ0n) is 19.2. The number of nitrogens with one attached hydrogen (secondary N) is 2. The number of anilines is 1. The van der Waals surface area contributed by atoms with E-state index in [1.807, 2.05) is 36.4 Å². The van der Waals surface area contributed by atoms with Crippen LogP contribution >= 0.6 is 0 Å². The fourth-order valence-corrected chi connectivity index (χ4v) is 4.22. The van der Waals surface area contributed by atoms with E-state index in [0.717, 1.165) is 22.3 Å². The molecule has 3 aromatic rings. The highest BCUT2D eigenvalue weighted by Crippen LogP contribution is 2.44. The number of benzene rings is 3. The number of carboxylic acids is 1. The van der Waals surface area contributed by atoms with Crippen LogP contribution in [0.1, 0.15) is 40.7 Å². The van der Waals surface area contributed by atoms with Gasteiger partial charge in [0.1, 0.15) is 6.61 Å². The number of carbonyl (C=O) groups excluding carboxylic acids is 2. The summed E-state index contributed by atoms with van der Waals surface area (Å²) in [4.78, 5) is 35.5. The lowest BCUT2D eigenvalue weighted by molar-refractivity contribution is -0.141. The molecule has 4 N–H and O–H groups in total. The maximum Gasteiger partial charge on any atom is 0.411 e. The van der Waals surface area contributed by atoms with E-state index in [0.29, 0.717) is 11.3 Å². The summed E-state index contributed by atoms with van der Waals surface area (Å²) in [6.07, 6.45) is -1.09. The van der Waals surface area contributed by atoms with Crippen LogP contribution in [0.3, 0.4) is 0 Å². The smallest absolute Gasteiger partial charge is 0.411 e. The molecule has 0 radical (unpaired) electrons. The van der Waals surface area contributed by atoms with Crippen molar-refractivity contribution in [2.45, 2.75) is 24.9 Å². The van der Waals surface area contributed by atoms with E-state index in [1.165, 1.54) is 19.1 Å². The van der Waals surface area contributed by atoms with E-state index in [4.69, 9.17) is 9.84 Å². The number of hydrogen-bond donors (Lipinski definition) is 4. The molecule has 8 heteroatoms. The average Bonchev–Trinajstić information content (AvgIpc) is 3.15. The Morgan fingerprint density at radius 3 is 2.06 bits per heavy atom. The molecular weight excluding hydrogens is 448 g/mol. The molecule has 0 aromatic heterocycles.